The van der Waals surface area contributed by atoms with Crippen molar-refractivity contribution in [3.8, 4) is 0 Å². The van der Waals surface area contributed by atoms with Crippen LogP contribution in [0.2, 0.25) is 0 Å². The van der Waals surface area contributed by atoms with E-state index in [1.54, 1.807) is 0 Å². The van der Waals surface area contributed by atoms with Gasteiger partial charge in [0.25, 0.3) is 0 Å². The number of nitrogens with one attached hydrogen (secondary N) is 2. The van der Waals surface area contributed by atoms with Crippen molar-refractivity contribution < 1.29 is 4.79 Å². The summed E-state index contributed by atoms with van der Waals surface area (Å²) in [5, 5.41) is 6.51. The number of amides is 1. The van der Waals surface area contributed by atoms with Gasteiger partial charge in [-0.1, -0.05) is 27.2 Å². The first kappa shape index (κ1) is 16.4. The third-order valence-corrected chi connectivity index (χ3v) is 4.11. The van der Waals surface area contributed by atoms with Crippen LogP contribution in [-0.4, -0.2) is 49.1 Å². The Balaban J connectivity index is 2.40. The molecule has 0 bridgehead atoms. The Bertz CT molecular complexity index is 268. The molecule has 2 unspecified atom stereocenters. The van der Waals surface area contributed by atoms with Crippen molar-refractivity contribution in [3.63, 3.8) is 0 Å². The normalized spacial score (nSPS) is 22.5. The maximum atomic E-state index is 12.1. The lowest BCUT2D eigenvalue weighted by atomic mass is 10.0. The number of carbonyl (C=O) groups is 1. The van der Waals surface area contributed by atoms with E-state index >= 15 is 0 Å². The van der Waals surface area contributed by atoms with Crippen LogP contribution in [0, 0.1) is 5.92 Å². The summed E-state index contributed by atoms with van der Waals surface area (Å²) < 4.78 is 0. The van der Waals surface area contributed by atoms with Crippen LogP contribution in [0.3, 0.4) is 0 Å². The summed E-state index contributed by atoms with van der Waals surface area (Å²) in [5.74, 6) is 0.660. The molecule has 1 aliphatic heterocycles. The molecule has 4 nitrogen and oxygen atoms in total. The van der Waals surface area contributed by atoms with Crippen molar-refractivity contribution in [3.05, 3.63) is 0 Å². The van der Waals surface area contributed by atoms with Crippen molar-refractivity contribution in [2.24, 2.45) is 5.92 Å². The van der Waals surface area contributed by atoms with Crippen LogP contribution in [0.25, 0.3) is 0 Å². The molecule has 2 atom stereocenters. The summed E-state index contributed by atoms with van der Waals surface area (Å²) >= 11 is 0. The Morgan fingerprint density at radius 3 is 2.68 bits per heavy atom. The zero-order valence-corrected chi connectivity index (χ0v) is 13.0. The van der Waals surface area contributed by atoms with Crippen LogP contribution in [0.1, 0.15) is 47.0 Å². The van der Waals surface area contributed by atoms with Crippen LogP contribution in [0.15, 0.2) is 0 Å². The number of nitrogens with zero attached hydrogens (tertiary/aromatic N) is 1. The lowest BCUT2D eigenvalue weighted by molar-refractivity contribution is -0.124. The zero-order chi connectivity index (χ0) is 14.3. The summed E-state index contributed by atoms with van der Waals surface area (Å²) in [5.41, 5.74) is 0. The molecule has 0 aliphatic carbocycles. The van der Waals surface area contributed by atoms with E-state index in [1.165, 1.54) is 19.3 Å². The van der Waals surface area contributed by atoms with Crippen molar-refractivity contribution in [1.29, 1.82) is 0 Å². The van der Waals surface area contributed by atoms with E-state index in [0.29, 0.717) is 18.5 Å². The number of carbonyl (C=O) groups excluding carboxylic acids is 1. The highest BCUT2D eigenvalue weighted by molar-refractivity contribution is 5.78. The van der Waals surface area contributed by atoms with Crippen molar-refractivity contribution in [1.82, 2.24) is 15.5 Å². The molecule has 19 heavy (non-hydrogen) atoms. The van der Waals surface area contributed by atoms with Gasteiger partial charge in [-0.15, -0.1) is 0 Å². The van der Waals surface area contributed by atoms with E-state index in [4.69, 9.17) is 0 Å². The second kappa shape index (κ2) is 8.54. The minimum atomic E-state index is 0.171. The summed E-state index contributed by atoms with van der Waals surface area (Å²) in [6.07, 6.45) is 3.71. The topological polar surface area (TPSA) is 44.4 Å². The van der Waals surface area contributed by atoms with Crippen molar-refractivity contribution in [2.45, 2.75) is 59.0 Å². The van der Waals surface area contributed by atoms with E-state index in [2.05, 4.69) is 43.2 Å². The van der Waals surface area contributed by atoms with Crippen molar-refractivity contribution in [2.75, 3.05) is 26.2 Å². The number of piperidine rings is 1. The van der Waals surface area contributed by atoms with E-state index in [-0.39, 0.29) is 11.9 Å². The molecule has 0 saturated carbocycles. The van der Waals surface area contributed by atoms with Crippen LogP contribution in [-0.2, 0) is 4.79 Å². The third-order valence-electron chi connectivity index (χ3n) is 4.11. The third kappa shape index (κ3) is 5.91. The summed E-state index contributed by atoms with van der Waals surface area (Å²) in [6, 6.07) is 0.776. The largest absolute Gasteiger partial charge is 0.352 e. The number of rotatable bonds is 7. The molecule has 0 aromatic heterocycles. The maximum absolute atomic E-state index is 12.1. The molecule has 2 N–H and O–H groups in total. The summed E-state index contributed by atoms with van der Waals surface area (Å²) in [6.45, 7) is 12.1. The van der Waals surface area contributed by atoms with Gasteiger partial charge in [-0.25, -0.2) is 0 Å². The fourth-order valence-electron chi connectivity index (χ4n) is 2.46. The van der Waals surface area contributed by atoms with Gasteiger partial charge in [-0.05, 0) is 38.8 Å². The first-order valence-electron chi connectivity index (χ1n) is 7.78. The van der Waals surface area contributed by atoms with Gasteiger partial charge in [0, 0.05) is 18.6 Å². The summed E-state index contributed by atoms with van der Waals surface area (Å²) in [7, 11) is 0. The van der Waals surface area contributed by atoms with Gasteiger partial charge in [0.1, 0.15) is 0 Å². The highest BCUT2D eigenvalue weighted by Gasteiger charge is 2.24. The Kier molecular flexibility index (Phi) is 7.39. The van der Waals surface area contributed by atoms with Gasteiger partial charge >= 0.3 is 0 Å². The predicted octanol–water partition coefficient (Wildman–Crippen LogP) is 1.61. The molecular weight excluding hydrogens is 238 g/mol. The fourth-order valence-corrected chi connectivity index (χ4v) is 2.46. The lowest BCUT2D eigenvalue weighted by Crippen LogP contribution is -2.50. The molecule has 0 aromatic carbocycles. The first-order chi connectivity index (χ1) is 9.04. The molecule has 0 aromatic rings. The standard InChI is InChI=1S/C15H31N3O/c1-5-16-10-14-8-6-7-9-18(14)11-15(19)17-13(4)12(2)3/h12-14,16H,5-11H2,1-4H3,(H,17,19). The number of hydrogen-bond acceptors (Lipinski definition) is 3. The van der Waals surface area contributed by atoms with Gasteiger partial charge in [-0.3, -0.25) is 9.69 Å². The maximum Gasteiger partial charge on any atom is 0.234 e. The first-order valence-corrected chi connectivity index (χ1v) is 7.78. The van der Waals surface area contributed by atoms with Gasteiger partial charge in [0.2, 0.25) is 5.91 Å². The molecular formula is C15H31N3O. The lowest BCUT2D eigenvalue weighted by Gasteiger charge is -2.35. The van der Waals surface area contributed by atoms with Crippen LogP contribution in [0.5, 0.6) is 0 Å². The van der Waals surface area contributed by atoms with Crippen LogP contribution >= 0.6 is 0 Å². The number of likely N-dealkylation sites (tertiary alicyclic amines) is 1. The Hall–Kier alpha value is -0.610. The Labute approximate surface area is 118 Å². The quantitative estimate of drug-likeness (QED) is 0.738. The minimum absolute atomic E-state index is 0.171. The Morgan fingerprint density at radius 1 is 1.32 bits per heavy atom. The zero-order valence-electron chi connectivity index (χ0n) is 13.0. The van der Waals surface area contributed by atoms with Crippen LogP contribution in [0.4, 0.5) is 0 Å². The highest BCUT2D eigenvalue weighted by Crippen LogP contribution is 2.16. The average molecular weight is 269 g/mol. The average Bonchev–Trinajstić information content (AvgIpc) is 2.37. The van der Waals surface area contributed by atoms with E-state index in [1.807, 2.05) is 0 Å². The molecule has 1 saturated heterocycles. The van der Waals surface area contributed by atoms with E-state index in [0.717, 1.165) is 19.6 Å². The molecule has 0 radical (unpaired) electrons. The smallest absolute Gasteiger partial charge is 0.234 e. The second-order valence-corrected chi connectivity index (χ2v) is 6.03. The molecule has 1 rings (SSSR count). The van der Waals surface area contributed by atoms with Gasteiger partial charge in [-0.2, -0.15) is 0 Å². The molecule has 0 spiro atoms. The molecule has 1 fully saturated rings. The van der Waals surface area contributed by atoms with Gasteiger partial charge < -0.3 is 10.6 Å². The molecule has 1 aliphatic rings. The molecule has 112 valence electrons. The molecule has 1 heterocycles. The fraction of sp³-hybridized carbons (Fsp3) is 0.933. The van der Waals surface area contributed by atoms with Gasteiger partial charge in [0.05, 0.1) is 6.54 Å². The van der Waals surface area contributed by atoms with E-state index < -0.39 is 0 Å². The predicted molar refractivity (Wildman–Crippen MR) is 80.2 cm³/mol. The van der Waals surface area contributed by atoms with Crippen LogP contribution < -0.4 is 10.6 Å². The molecule has 1 amide bonds. The van der Waals surface area contributed by atoms with Crippen molar-refractivity contribution >= 4 is 5.91 Å². The van der Waals surface area contributed by atoms with Gasteiger partial charge in [0.15, 0.2) is 0 Å². The van der Waals surface area contributed by atoms with E-state index in [9.17, 15) is 4.79 Å². The molecule has 4 heteroatoms. The summed E-state index contributed by atoms with van der Waals surface area (Å²) in [4.78, 5) is 14.4. The Morgan fingerprint density at radius 2 is 2.05 bits per heavy atom. The number of hydrogen-bond donors (Lipinski definition) is 2. The minimum Gasteiger partial charge on any atom is -0.352 e. The SMILES string of the molecule is CCNCC1CCCCN1CC(=O)NC(C)C(C)C. The monoisotopic (exact) mass is 269 g/mol. The second-order valence-electron chi connectivity index (χ2n) is 6.03. The number of likely N-dealkylation sites (N-methyl/N-ethyl adjacent to an activating group) is 1. The highest BCUT2D eigenvalue weighted by atomic mass is 16.2.